The number of hydrogen-bond donors (Lipinski definition) is 0. The molecule has 84 valence electrons. The number of benzene rings is 1. The van der Waals surface area contributed by atoms with Crippen molar-refractivity contribution in [3.8, 4) is 0 Å². The zero-order valence-corrected chi connectivity index (χ0v) is 10.4. The summed E-state index contributed by atoms with van der Waals surface area (Å²) in [5, 5.41) is 1.51. The smallest absolute Gasteiger partial charge is 0.163 e. The molecule has 2 nitrogen and oxygen atoms in total. The zero-order valence-electron chi connectivity index (χ0n) is 9.67. The lowest BCUT2D eigenvalue weighted by Crippen LogP contribution is -1.96. The van der Waals surface area contributed by atoms with Gasteiger partial charge >= 0.3 is 0 Å². The van der Waals surface area contributed by atoms with Gasteiger partial charge in [0.2, 0.25) is 0 Å². The number of carbonyl (C=O) groups is 1. The molecular formula is C13H14ClNO. The molecule has 0 radical (unpaired) electrons. The maximum absolute atomic E-state index is 11.6. The molecule has 0 fully saturated rings. The van der Waals surface area contributed by atoms with Crippen LogP contribution in [0.15, 0.2) is 18.2 Å². The molecule has 2 aromatic rings. The molecule has 0 amide bonds. The third-order valence-electron chi connectivity index (χ3n) is 2.89. The van der Waals surface area contributed by atoms with Gasteiger partial charge in [-0.25, -0.2) is 0 Å². The van der Waals surface area contributed by atoms with Gasteiger partial charge in [-0.1, -0.05) is 29.8 Å². The van der Waals surface area contributed by atoms with Crippen molar-refractivity contribution in [3.63, 3.8) is 0 Å². The Labute approximate surface area is 99.8 Å². The van der Waals surface area contributed by atoms with Gasteiger partial charge in [0.1, 0.15) is 5.15 Å². The standard InChI is InChI=1S/C13H14ClNO/c1-4-15-12-8(2)6-5-7-10(12)11(9(3)16)13(15)14/h5-7H,4H2,1-3H3. The van der Waals surface area contributed by atoms with E-state index in [9.17, 15) is 4.79 Å². The molecule has 1 aromatic carbocycles. The summed E-state index contributed by atoms with van der Waals surface area (Å²) in [6, 6.07) is 5.95. The van der Waals surface area contributed by atoms with Crippen molar-refractivity contribution in [2.45, 2.75) is 27.3 Å². The summed E-state index contributed by atoms with van der Waals surface area (Å²) in [4.78, 5) is 11.6. The first-order valence-corrected chi connectivity index (χ1v) is 5.74. The Morgan fingerprint density at radius 3 is 2.69 bits per heavy atom. The number of halogens is 1. The number of Topliss-reactive ketones (excluding diaryl/α,β-unsaturated/α-hetero) is 1. The van der Waals surface area contributed by atoms with Crippen LogP contribution in [0.25, 0.3) is 10.9 Å². The highest BCUT2D eigenvalue weighted by molar-refractivity contribution is 6.35. The molecule has 0 aliphatic rings. The van der Waals surface area contributed by atoms with Gasteiger partial charge in [-0.2, -0.15) is 0 Å². The van der Waals surface area contributed by atoms with Crippen molar-refractivity contribution < 1.29 is 4.79 Å². The second kappa shape index (κ2) is 3.95. The molecule has 1 aromatic heterocycles. The lowest BCUT2D eigenvalue weighted by Gasteiger charge is -2.04. The average molecular weight is 236 g/mol. The molecule has 2 rings (SSSR count). The van der Waals surface area contributed by atoms with Gasteiger partial charge in [-0.15, -0.1) is 0 Å². The molecule has 0 unspecified atom stereocenters. The number of para-hydroxylation sites is 1. The van der Waals surface area contributed by atoms with Crippen molar-refractivity contribution in [3.05, 3.63) is 34.5 Å². The van der Waals surface area contributed by atoms with Gasteiger partial charge in [0.25, 0.3) is 0 Å². The molecule has 1 heterocycles. The van der Waals surface area contributed by atoms with Crippen LogP contribution < -0.4 is 0 Å². The Morgan fingerprint density at radius 1 is 1.44 bits per heavy atom. The average Bonchev–Trinajstić information content (AvgIpc) is 2.51. The predicted molar refractivity (Wildman–Crippen MR) is 67.4 cm³/mol. The van der Waals surface area contributed by atoms with Gasteiger partial charge in [0.15, 0.2) is 5.78 Å². The highest BCUT2D eigenvalue weighted by atomic mass is 35.5. The summed E-state index contributed by atoms with van der Waals surface area (Å²) in [6.45, 7) is 6.40. The van der Waals surface area contributed by atoms with Crippen LogP contribution in [0.1, 0.15) is 29.8 Å². The molecule has 0 saturated carbocycles. The second-order valence-corrected chi connectivity index (χ2v) is 4.30. The normalized spacial score (nSPS) is 11.0. The first-order valence-electron chi connectivity index (χ1n) is 5.36. The number of ketones is 1. The fraction of sp³-hybridized carbons (Fsp3) is 0.308. The minimum absolute atomic E-state index is 0.0211. The van der Waals surface area contributed by atoms with Crippen LogP contribution in [0.2, 0.25) is 5.15 Å². The van der Waals surface area contributed by atoms with Crippen LogP contribution in [0.5, 0.6) is 0 Å². The van der Waals surface area contributed by atoms with Crippen LogP contribution in [-0.2, 0) is 6.54 Å². The molecule has 0 spiro atoms. The fourth-order valence-electron chi connectivity index (χ4n) is 2.20. The van der Waals surface area contributed by atoms with E-state index in [1.54, 1.807) is 6.92 Å². The lowest BCUT2D eigenvalue weighted by molar-refractivity contribution is 0.101. The number of aryl methyl sites for hydroxylation is 2. The van der Waals surface area contributed by atoms with Crippen molar-refractivity contribution in [2.75, 3.05) is 0 Å². The first kappa shape index (κ1) is 11.2. The Hall–Kier alpha value is -1.28. The highest BCUT2D eigenvalue weighted by Gasteiger charge is 2.18. The van der Waals surface area contributed by atoms with E-state index in [1.807, 2.05) is 36.6 Å². The topological polar surface area (TPSA) is 22.0 Å². The number of aromatic nitrogens is 1. The summed E-state index contributed by atoms with van der Waals surface area (Å²) >= 11 is 6.26. The third-order valence-corrected chi connectivity index (χ3v) is 3.28. The van der Waals surface area contributed by atoms with E-state index in [-0.39, 0.29) is 5.78 Å². The number of hydrogen-bond acceptors (Lipinski definition) is 1. The van der Waals surface area contributed by atoms with Crippen LogP contribution in [0, 0.1) is 6.92 Å². The molecule has 16 heavy (non-hydrogen) atoms. The Kier molecular flexibility index (Phi) is 2.76. The van der Waals surface area contributed by atoms with E-state index in [1.165, 1.54) is 0 Å². The molecule has 0 aliphatic carbocycles. The number of rotatable bonds is 2. The van der Waals surface area contributed by atoms with E-state index in [4.69, 9.17) is 11.6 Å². The monoisotopic (exact) mass is 235 g/mol. The van der Waals surface area contributed by atoms with Crippen LogP contribution >= 0.6 is 11.6 Å². The minimum Gasteiger partial charge on any atom is -0.331 e. The van der Waals surface area contributed by atoms with E-state index < -0.39 is 0 Å². The molecule has 3 heteroatoms. The maximum Gasteiger partial charge on any atom is 0.163 e. The Balaban J connectivity index is 2.98. The molecule has 0 N–H and O–H groups in total. The zero-order chi connectivity index (χ0) is 11.9. The van der Waals surface area contributed by atoms with E-state index in [0.717, 1.165) is 23.0 Å². The first-order chi connectivity index (χ1) is 7.57. The third kappa shape index (κ3) is 1.45. The van der Waals surface area contributed by atoms with Gasteiger partial charge in [0, 0.05) is 11.9 Å². The molecule has 0 bridgehead atoms. The summed E-state index contributed by atoms with van der Waals surface area (Å²) in [6.07, 6.45) is 0. The number of nitrogens with zero attached hydrogens (tertiary/aromatic N) is 1. The molecule has 0 aliphatic heterocycles. The summed E-state index contributed by atoms with van der Waals surface area (Å²) in [5.74, 6) is 0.0211. The Morgan fingerprint density at radius 2 is 2.12 bits per heavy atom. The van der Waals surface area contributed by atoms with Crippen molar-refractivity contribution in [1.29, 1.82) is 0 Å². The predicted octanol–water partition coefficient (Wildman–Crippen LogP) is 3.83. The van der Waals surface area contributed by atoms with Gasteiger partial charge in [-0.3, -0.25) is 4.79 Å². The van der Waals surface area contributed by atoms with Gasteiger partial charge in [0.05, 0.1) is 11.1 Å². The molecule has 0 saturated heterocycles. The molecular weight excluding hydrogens is 222 g/mol. The second-order valence-electron chi connectivity index (χ2n) is 3.94. The van der Waals surface area contributed by atoms with Gasteiger partial charge < -0.3 is 4.57 Å². The van der Waals surface area contributed by atoms with E-state index in [0.29, 0.717) is 10.7 Å². The number of carbonyl (C=O) groups excluding carboxylic acids is 1. The van der Waals surface area contributed by atoms with Crippen LogP contribution in [0.4, 0.5) is 0 Å². The summed E-state index contributed by atoms with van der Waals surface area (Å²) in [5.41, 5.74) is 2.86. The minimum atomic E-state index is 0.0211. The van der Waals surface area contributed by atoms with Gasteiger partial charge in [-0.05, 0) is 26.3 Å². The van der Waals surface area contributed by atoms with Crippen LogP contribution in [0.3, 0.4) is 0 Å². The summed E-state index contributed by atoms with van der Waals surface area (Å²) in [7, 11) is 0. The lowest BCUT2D eigenvalue weighted by atomic mass is 10.1. The molecule has 0 atom stereocenters. The van der Waals surface area contributed by atoms with Crippen LogP contribution in [-0.4, -0.2) is 10.4 Å². The fourth-order valence-corrected chi connectivity index (χ4v) is 2.63. The van der Waals surface area contributed by atoms with E-state index >= 15 is 0 Å². The Bertz CT molecular complexity index is 569. The largest absolute Gasteiger partial charge is 0.331 e. The quantitative estimate of drug-likeness (QED) is 0.726. The summed E-state index contributed by atoms with van der Waals surface area (Å²) < 4.78 is 1.99. The number of fused-ring (bicyclic) bond motifs is 1. The maximum atomic E-state index is 11.6. The van der Waals surface area contributed by atoms with E-state index in [2.05, 4.69) is 0 Å². The van der Waals surface area contributed by atoms with Crippen molar-refractivity contribution >= 4 is 28.3 Å². The van der Waals surface area contributed by atoms with Crippen molar-refractivity contribution in [2.24, 2.45) is 0 Å². The SMILES string of the molecule is CCn1c(Cl)c(C(C)=O)c2cccc(C)c21. The highest BCUT2D eigenvalue weighted by Crippen LogP contribution is 2.32. The van der Waals surface area contributed by atoms with Crippen molar-refractivity contribution in [1.82, 2.24) is 4.57 Å².